The third-order valence-electron chi connectivity index (χ3n) is 2.87. The highest BCUT2D eigenvalue weighted by Gasteiger charge is 2.20. The van der Waals surface area contributed by atoms with Crippen molar-refractivity contribution in [1.82, 2.24) is 10.6 Å². The van der Waals surface area contributed by atoms with Gasteiger partial charge in [0.1, 0.15) is 0 Å². The molecule has 1 aliphatic rings. The molecule has 1 aromatic rings. The topological polar surface area (TPSA) is 77.3 Å². The Bertz CT molecular complexity index is 448. The summed E-state index contributed by atoms with van der Waals surface area (Å²) in [5.74, 6) is 0.444. The SMILES string of the molecule is COc1cc(C#N)cc([C@H]2CNCCN2)c1O. The van der Waals surface area contributed by atoms with Gasteiger partial charge < -0.3 is 20.5 Å². The molecule has 1 saturated heterocycles. The molecule has 0 spiro atoms. The molecule has 0 aromatic heterocycles. The number of aromatic hydroxyl groups is 1. The highest BCUT2D eigenvalue weighted by molar-refractivity contribution is 5.53. The largest absolute Gasteiger partial charge is 0.504 e. The molecule has 3 N–H and O–H groups in total. The number of hydrogen-bond acceptors (Lipinski definition) is 5. The summed E-state index contributed by atoms with van der Waals surface area (Å²) in [7, 11) is 1.48. The third kappa shape index (κ3) is 2.33. The van der Waals surface area contributed by atoms with Gasteiger partial charge in [-0.15, -0.1) is 0 Å². The van der Waals surface area contributed by atoms with Crippen LogP contribution >= 0.6 is 0 Å². The van der Waals surface area contributed by atoms with E-state index in [9.17, 15) is 5.11 Å². The Balaban J connectivity index is 2.40. The van der Waals surface area contributed by atoms with Gasteiger partial charge >= 0.3 is 0 Å². The van der Waals surface area contributed by atoms with Crippen LogP contribution in [0.3, 0.4) is 0 Å². The van der Waals surface area contributed by atoms with Crippen molar-refractivity contribution in [3.63, 3.8) is 0 Å². The summed E-state index contributed by atoms with van der Waals surface area (Å²) >= 11 is 0. The van der Waals surface area contributed by atoms with Crippen LogP contribution in [0, 0.1) is 11.3 Å². The summed E-state index contributed by atoms with van der Waals surface area (Å²) in [6.07, 6.45) is 0. The molecule has 1 heterocycles. The summed E-state index contributed by atoms with van der Waals surface area (Å²) < 4.78 is 5.07. The Hall–Kier alpha value is -1.77. The maximum atomic E-state index is 10.1. The van der Waals surface area contributed by atoms with Gasteiger partial charge in [0.05, 0.1) is 18.7 Å². The van der Waals surface area contributed by atoms with E-state index in [1.165, 1.54) is 13.2 Å². The molecule has 1 aliphatic heterocycles. The molecule has 0 aliphatic carbocycles. The van der Waals surface area contributed by atoms with Gasteiger partial charge in [0.15, 0.2) is 11.5 Å². The molecule has 2 rings (SSSR count). The zero-order chi connectivity index (χ0) is 12.3. The van der Waals surface area contributed by atoms with E-state index in [1.54, 1.807) is 6.07 Å². The smallest absolute Gasteiger partial charge is 0.162 e. The van der Waals surface area contributed by atoms with E-state index in [-0.39, 0.29) is 11.8 Å². The monoisotopic (exact) mass is 233 g/mol. The van der Waals surface area contributed by atoms with Crippen LogP contribution in [0.25, 0.3) is 0 Å². The lowest BCUT2D eigenvalue weighted by Gasteiger charge is -2.26. The Kier molecular flexibility index (Phi) is 3.47. The zero-order valence-electron chi connectivity index (χ0n) is 9.66. The number of nitrogens with zero attached hydrogens (tertiary/aromatic N) is 1. The van der Waals surface area contributed by atoms with Crippen molar-refractivity contribution in [3.05, 3.63) is 23.3 Å². The van der Waals surface area contributed by atoms with Gasteiger partial charge in [-0.3, -0.25) is 0 Å². The molecule has 1 atom stereocenters. The van der Waals surface area contributed by atoms with E-state index in [2.05, 4.69) is 16.7 Å². The fourth-order valence-electron chi connectivity index (χ4n) is 1.99. The van der Waals surface area contributed by atoms with Crippen molar-refractivity contribution >= 4 is 0 Å². The van der Waals surface area contributed by atoms with Gasteiger partial charge in [0.25, 0.3) is 0 Å². The second-order valence-electron chi connectivity index (χ2n) is 3.94. The maximum absolute atomic E-state index is 10.1. The molecule has 5 heteroatoms. The highest BCUT2D eigenvalue weighted by Crippen LogP contribution is 2.35. The van der Waals surface area contributed by atoms with Gasteiger partial charge in [0, 0.05) is 37.3 Å². The second kappa shape index (κ2) is 5.04. The first-order chi connectivity index (χ1) is 8.26. The van der Waals surface area contributed by atoms with Crippen LogP contribution in [0.15, 0.2) is 12.1 Å². The van der Waals surface area contributed by atoms with Gasteiger partial charge in [0.2, 0.25) is 0 Å². The minimum absolute atomic E-state index is 0.00551. The number of rotatable bonds is 2. The zero-order valence-corrected chi connectivity index (χ0v) is 9.66. The van der Waals surface area contributed by atoms with E-state index in [0.717, 1.165) is 19.6 Å². The number of piperazine rings is 1. The average molecular weight is 233 g/mol. The minimum Gasteiger partial charge on any atom is -0.504 e. The Morgan fingerprint density at radius 3 is 2.88 bits per heavy atom. The molecular formula is C12H15N3O2. The summed E-state index contributed by atoms with van der Waals surface area (Å²) in [6.45, 7) is 2.47. The molecular weight excluding hydrogens is 218 g/mol. The highest BCUT2D eigenvalue weighted by atomic mass is 16.5. The van der Waals surface area contributed by atoms with Gasteiger partial charge in [-0.1, -0.05) is 0 Å². The second-order valence-corrected chi connectivity index (χ2v) is 3.94. The van der Waals surface area contributed by atoms with Crippen molar-refractivity contribution in [3.8, 4) is 17.6 Å². The van der Waals surface area contributed by atoms with Crippen molar-refractivity contribution in [1.29, 1.82) is 5.26 Å². The lowest BCUT2D eigenvalue weighted by atomic mass is 10.0. The number of hydrogen-bond donors (Lipinski definition) is 3. The summed E-state index contributed by atoms with van der Waals surface area (Å²) in [5, 5.41) is 25.5. The predicted molar refractivity (Wildman–Crippen MR) is 63.0 cm³/mol. The average Bonchev–Trinajstić information content (AvgIpc) is 2.40. The lowest BCUT2D eigenvalue weighted by Crippen LogP contribution is -2.42. The molecule has 0 bridgehead atoms. The standard InChI is InChI=1S/C12H15N3O2/c1-17-11-5-8(6-13)4-9(12(11)16)10-7-14-2-3-15-10/h4-5,10,14-16H,2-3,7H2,1H3/t10-/m1/s1. The normalized spacial score (nSPS) is 19.6. The van der Waals surface area contributed by atoms with Crippen LogP contribution in [0.5, 0.6) is 11.5 Å². The van der Waals surface area contributed by atoms with Crippen LogP contribution in [0.4, 0.5) is 0 Å². The van der Waals surface area contributed by atoms with E-state index in [4.69, 9.17) is 10.00 Å². The first kappa shape index (κ1) is 11.7. The molecule has 1 aromatic carbocycles. The fourth-order valence-corrected chi connectivity index (χ4v) is 1.99. The molecule has 0 radical (unpaired) electrons. The number of nitrogens with one attached hydrogen (secondary N) is 2. The Labute approximate surface area is 100 Å². The van der Waals surface area contributed by atoms with Crippen molar-refractivity contribution < 1.29 is 9.84 Å². The Morgan fingerprint density at radius 2 is 2.29 bits per heavy atom. The molecule has 5 nitrogen and oxygen atoms in total. The van der Waals surface area contributed by atoms with Crippen LogP contribution in [-0.4, -0.2) is 31.9 Å². The molecule has 17 heavy (non-hydrogen) atoms. The van der Waals surface area contributed by atoms with Crippen LogP contribution in [0.1, 0.15) is 17.2 Å². The predicted octanol–water partition coefficient (Wildman–Crippen LogP) is 0.506. The molecule has 0 saturated carbocycles. The Morgan fingerprint density at radius 1 is 1.47 bits per heavy atom. The van der Waals surface area contributed by atoms with Crippen molar-refractivity contribution in [2.45, 2.75) is 6.04 Å². The van der Waals surface area contributed by atoms with Crippen LogP contribution in [0.2, 0.25) is 0 Å². The molecule has 0 unspecified atom stereocenters. The summed E-state index contributed by atoms with van der Waals surface area (Å²) in [6, 6.07) is 5.31. The molecule has 90 valence electrons. The number of methoxy groups -OCH3 is 1. The van der Waals surface area contributed by atoms with E-state index >= 15 is 0 Å². The third-order valence-corrected chi connectivity index (χ3v) is 2.87. The maximum Gasteiger partial charge on any atom is 0.162 e. The number of nitriles is 1. The summed E-state index contributed by atoms with van der Waals surface area (Å²) in [5.41, 5.74) is 1.19. The van der Waals surface area contributed by atoms with Gasteiger partial charge in [-0.2, -0.15) is 5.26 Å². The van der Waals surface area contributed by atoms with Crippen molar-refractivity contribution in [2.24, 2.45) is 0 Å². The number of phenolic OH excluding ortho intramolecular Hbond substituents is 1. The fraction of sp³-hybridized carbons (Fsp3) is 0.417. The van der Waals surface area contributed by atoms with Gasteiger partial charge in [-0.05, 0) is 6.07 Å². The van der Waals surface area contributed by atoms with E-state index in [0.29, 0.717) is 16.9 Å². The lowest BCUT2D eigenvalue weighted by molar-refractivity contribution is 0.358. The van der Waals surface area contributed by atoms with E-state index < -0.39 is 0 Å². The van der Waals surface area contributed by atoms with Gasteiger partial charge in [-0.25, -0.2) is 0 Å². The quantitative estimate of drug-likeness (QED) is 0.693. The first-order valence-electron chi connectivity index (χ1n) is 5.51. The van der Waals surface area contributed by atoms with Crippen LogP contribution < -0.4 is 15.4 Å². The first-order valence-corrected chi connectivity index (χ1v) is 5.51. The van der Waals surface area contributed by atoms with Crippen LogP contribution in [-0.2, 0) is 0 Å². The number of phenols is 1. The number of benzene rings is 1. The van der Waals surface area contributed by atoms with E-state index in [1.807, 2.05) is 0 Å². The number of ether oxygens (including phenoxy) is 1. The molecule has 0 amide bonds. The molecule has 1 fully saturated rings. The van der Waals surface area contributed by atoms with Crippen molar-refractivity contribution in [2.75, 3.05) is 26.7 Å². The minimum atomic E-state index is 0.00551. The summed E-state index contributed by atoms with van der Waals surface area (Å²) in [4.78, 5) is 0.